The Balaban J connectivity index is 0. The first-order valence-corrected chi connectivity index (χ1v) is 4.69. The van der Waals surface area contributed by atoms with Gasteiger partial charge in [-0.05, 0) is 12.0 Å². The SMILES string of the molecule is CC.CCc1ccccc1.NC(=O)O. The average molecular weight is 197 g/mol. The number of amides is 1. The predicted octanol–water partition coefficient (Wildman–Crippen LogP) is 2.90. The van der Waals surface area contributed by atoms with Crippen molar-refractivity contribution in [3.63, 3.8) is 0 Å². The minimum atomic E-state index is -1.33. The maximum Gasteiger partial charge on any atom is 0.402 e. The van der Waals surface area contributed by atoms with Crippen LogP contribution in [0.25, 0.3) is 0 Å². The summed E-state index contributed by atoms with van der Waals surface area (Å²) in [6.45, 7) is 6.16. The predicted molar refractivity (Wildman–Crippen MR) is 59.4 cm³/mol. The molecule has 0 aliphatic heterocycles. The molecule has 0 aliphatic rings. The minimum Gasteiger partial charge on any atom is -0.465 e. The first-order chi connectivity index (χ1) is 6.66. The van der Waals surface area contributed by atoms with Gasteiger partial charge >= 0.3 is 6.09 Å². The summed E-state index contributed by atoms with van der Waals surface area (Å²) in [6, 6.07) is 10.5. The van der Waals surface area contributed by atoms with E-state index in [2.05, 4.69) is 36.9 Å². The summed E-state index contributed by atoms with van der Waals surface area (Å²) in [5.41, 5.74) is 5.44. The topological polar surface area (TPSA) is 63.3 Å². The second-order valence-electron chi connectivity index (χ2n) is 2.18. The van der Waals surface area contributed by atoms with Gasteiger partial charge in [-0.3, -0.25) is 0 Å². The summed E-state index contributed by atoms with van der Waals surface area (Å²) < 4.78 is 0. The monoisotopic (exact) mass is 197 g/mol. The van der Waals surface area contributed by atoms with Gasteiger partial charge in [0.1, 0.15) is 0 Å². The summed E-state index contributed by atoms with van der Waals surface area (Å²) in [7, 11) is 0. The Hall–Kier alpha value is -1.51. The van der Waals surface area contributed by atoms with Crippen molar-refractivity contribution in [2.45, 2.75) is 27.2 Å². The fraction of sp³-hybridized carbons (Fsp3) is 0.364. The zero-order valence-electron chi connectivity index (χ0n) is 9.03. The summed E-state index contributed by atoms with van der Waals surface area (Å²) in [5, 5.41) is 7.19. The smallest absolute Gasteiger partial charge is 0.402 e. The minimum absolute atomic E-state index is 1.14. The van der Waals surface area contributed by atoms with E-state index < -0.39 is 6.09 Å². The van der Waals surface area contributed by atoms with Crippen molar-refractivity contribution in [1.29, 1.82) is 0 Å². The summed E-state index contributed by atoms with van der Waals surface area (Å²) >= 11 is 0. The Labute approximate surface area is 85.6 Å². The number of hydrogen-bond acceptors (Lipinski definition) is 1. The second-order valence-corrected chi connectivity index (χ2v) is 2.18. The van der Waals surface area contributed by atoms with E-state index in [4.69, 9.17) is 9.90 Å². The van der Waals surface area contributed by atoms with Crippen molar-refractivity contribution in [3.05, 3.63) is 35.9 Å². The number of nitrogens with two attached hydrogens (primary N) is 1. The van der Waals surface area contributed by atoms with Crippen LogP contribution in [-0.2, 0) is 6.42 Å². The molecule has 3 heteroatoms. The van der Waals surface area contributed by atoms with E-state index in [0.29, 0.717) is 0 Å². The van der Waals surface area contributed by atoms with Gasteiger partial charge in [0.25, 0.3) is 0 Å². The number of benzene rings is 1. The largest absolute Gasteiger partial charge is 0.465 e. The highest BCUT2D eigenvalue weighted by atomic mass is 16.4. The number of rotatable bonds is 1. The molecule has 0 saturated heterocycles. The van der Waals surface area contributed by atoms with Crippen LogP contribution < -0.4 is 5.73 Å². The van der Waals surface area contributed by atoms with Crippen LogP contribution >= 0.6 is 0 Å². The molecule has 0 aliphatic carbocycles. The molecule has 0 spiro atoms. The molecule has 3 nitrogen and oxygen atoms in total. The van der Waals surface area contributed by atoms with E-state index in [1.165, 1.54) is 5.56 Å². The van der Waals surface area contributed by atoms with Gasteiger partial charge in [-0.1, -0.05) is 51.1 Å². The van der Waals surface area contributed by atoms with Gasteiger partial charge in [0, 0.05) is 0 Å². The van der Waals surface area contributed by atoms with E-state index >= 15 is 0 Å². The number of hydrogen-bond donors (Lipinski definition) is 2. The number of aryl methyl sites for hydroxylation is 1. The molecule has 0 radical (unpaired) electrons. The molecular weight excluding hydrogens is 178 g/mol. The molecule has 0 aromatic heterocycles. The molecule has 1 aromatic rings. The molecule has 1 amide bonds. The highest BCUT2D eigenvalue weighted by molar-refractivity contribution is 5.61. The number of carboxylic acid groups (broad SMARTS) is 1. The van der Waals surface area contributed by atoms with Gasteiger partial charge in [-0.25, -0.2) is 4.79 Å². The lowest BCUT2D eigenvalue weighted by atomic mass is 10.2. The molecule has 0 atom stereocenters. The highest BCUT2D eigenvalue weighted by Crippen LogP contribution is 1.96. The van der Waals surface area contributed by atoms with Crippen molar-refractivity contribution in [2.24, 2.45) is 5.73 Å². The van der Waals surface area contributed by atoms with Crippen LogP contribution in [0.15, 0.2) is 30.3 Å². The van der Waals surface area contributed by atoms with Crippen LogP contribution in [0.4, 0.5) is 4.79 Å². The van der Waals surface area contributed by atoms with Gasteiger partial charge in [0.15, 0.2) is 0 Å². The van der Waals surface area contributed by atoms with E-state index in [0.717, 1.165) is 6.42 Å². The fourth-order valence-corrected chi connectivity index (χ4v) is 0.714. The Morgan fingerprint density at radius 3 is 1.86 bits per heavy atom. The molecule has 80 valence electrons. The van der Waals surface area contributed by atoms with E-state index in [-0.39, 0.29) is 0 Å². The third kappa shape index (κ3) is 13.1. The molecule has 1 aromatic carbocycles. The lowest BCUT2D eigenvalue weighted by Crippen LogP contribution is -2.03. The zero-order valence-corrected chi connectivity index (χ0v) is 9.03. The van der Waals surface area contributed by atoms with Crippen LogP contribution in [0.1, 0.15) is 26.3 Å². The Morgan fingerprint density at radius 1 is 1.29 bits per heavy atom. The third-order valence-corrected chi connectivity index (χ3v) is 1.25. The molecule has 3 N–H and O–H groups in total. The van der Waals surface area contributed by atoms with E-state index in [1.54, 1.807) is 0 Å². The lowest BCUT2D eigenvalue weighted by molar-refractivity contribution is 0.205. The number of carbonyl (C=O) groups is 1. The van der Waals surface area contributed by atoms with Crippen LogP contribution in [0.5, 0.6) is 0 Å². The van der Waals surface area contributed by atoms with Gasteiger partial charge in [-0.15, -0.1) is 0 Å². The van der Waals surface area contributed by atoms with Crippen molar-refractivity contribution in [2.75, 3.05) is 0 Å². The van der Waals surface area contributed by atoms with Gasteiger partial charge in [-0.2, -0.15) is 0 Å². The molecule has 14 heavy (non-hydrogen) atoms. The average Bonchev–Trinajstić information content (AvgIpc) is 2.21. The first-order valence-electron chi connectivity index (χ1n) is 4.69. The maximum atomic E-state index is 8.78. The van der Waals surface area contributed by atoms with E-state index in [9.17, 15) is 0 Å². The normalized spacial score (nSPS) is 7.36. The first kappa shape index (κ1) is 15.0. The third-order valence-electron chi connectivity index (χ3n) is 1.25. The molecule has 0 fully saturated rings. The Bertz CT molecular complexity index is 218. The lowest BCUT2D eigenvalue weighted by Gasteiger charge is -1.89. The van der Waals surface area contributed by atoms with Crippen molar-refractivity contribution in [1.82, 2.24) is 0 Å². The molecule has 0 saturated carbocycles. The van der Waals surface area contributed by atoms with E-state index in [1.807, 2.05) is 19.9 Å². The van der Waals surface area contributed by atoms with Crippen LogP contribution in [0, 0.1) is 0 Å². The Kier molecular flexibility index (Phi) is 12.3. The quantitative estimate of drug-likeness (QED) is 0.727. The van der Waals surface area contributed by atoms with Crippen molar-refractivity contribution < 1.29 is 9.90 Å². The van der Waals surface area contributed by atoms with Crippen LogP contribution in [-0.4, -0.2) is 11.2 Å². The summed E-state index contributed by atoms with van der Waals surface area (Å²) in [4.78, 5) is 8.78. The zero-order chi connectivity index (χ0) is 11.4. The molecule has 0 bridgehead atoms. The van der Waals surface area contributed by atoms with Gasteiger partial charge in [0.2, 0.25) is 0 Å². The van der Waals surface area contributed by atoms with Crippen LogP contribution in [0.2, 0.25) is 0 Å². The van der Waals surface area contributed by atoms with Crippen molar-refractivity contribution >= 4 is 6.09 Å². The molecule has 0 unspecified atom stereocenters. The van der Waals surface area contributed by atoms with Crippen LogP contribution in [0.3, 0.4) is 0 Å². The van der Waals surface area contributed by atoms with Gasteiger partial charge in [0.05, 0.1) is 0 Å². The summed E-state index contributed by atoms with van der Waals surface area (Å²) in [5.74, 6) is 0. The standard InChI is InChI=1S/C8H10.C2H6.CH3NO2/c1-2-8-6-4-3-5-7-8;1-2;2-1(3)4/h3-7H,2H2,1H3;1-2H3;2H2,(H,3,4). The highest BCUT2D eigenvalue weighted by Gasteiger charge is 1.79. The molecule has 0 heterocycles. The van der Waals surface area contributed by atoms with Gasteiger partial charge < -0.3 is 10.8 Å². The fourth-order valence-electron chi connectivity index (χ4n) is 0.714. The number of primary amides is 1. The Morgan fingerprint density at radius 2 is 1.64 bits per heavy atom. The maximum absolute atomic E-state index is 8.78. The van der Waals surface area contributed by atoms with Crippen molar-refractivity contribution in [3.8, 4) is 0 Å². The summed E-state index contributed by atoms with van der Waals surface area (Å²) in [6.07, 6.45) is -0.194. The second kappa shape index (κ2) is 11.5. The molecular formula is C11H19NO2. The molecule has 1 rings (SSSR count).